The van der Waals surface area contributed by atoms with Crippen LogP contribution >= 0.6 is 24.0 Å². The molecule has 0 aliphatic heterocycles. The highest BCUT2D eigenvalue weighted by molar-refractivity contribution is 14.0. The van der Waals surface area contributed by atoms with Crippen molar-refractivity contribution in [2.45, 2.75) is 25.7 Å². The van der Waals surface area contributed by atoms with E-state index in [4.69, 9.17) is 5.73 Å². The molecule has 104 valence electrons. The van der Waals surface area contributed by atoms with Crippen molar-refractivity contribution in [2.75, 3.05) is 11.9 Å². The van der Waals surface area contributed by atoms with Gasteiger partial charge < -0.3 is 11.1 Å². The number of guanidine groups is 1. The first-order valence-corrected chi connectivity index (χ1v) is 6.93. The van der Waals surface area contributed by atoms with E-state index in [-0.39, 0.29) is 24.0 Å². The minimum atomic E-state index is 0. The van der Waals surface area contributed by atoms with Gasteiger partial charge in [0.2, 0.25) is 0 Å². The van der Waals surface area contributed by atoms with E-state index >= 15 is 0 Å². The Labute approximate surface area is 132 Å². The number of anilines is 1. The zero-order chi connectivity index (χ0) is 12.4. The Bertz CT molecular complexity index is 432. The molecule has 0 heterocycles. The van der Waals surface area contributed by atoms with Crippen molar-refractivity contribution in [3.8, 4) is 0 Å². The number of aliphatic imine (C=N–C) groups is 1. The lowest BCUT2D eigenvalue weighted by molar-refractivity contribution is 0.342. The monoisotopic (exact) mass is 371 g/mol. The Balaban J connectivity index is 0.00000133. The number of benzene rings is 1. The Kier molecular flexibility index (Phi) is 5.07. The highest BCUT2D eigenvalue weighted by Gasteiger charge is 2.39. The third kappa shape index (κ3) is 3.61. The van der Waals surface area contributed by atoms with Crippen LogP contribution in [-0.4, -0.2) is 12.5 Å². The summed E-state index contributed by atoms with van der Waals surface area (Å²) in [6.07, 6.45) is 5.67. The third-order valence-electron chi connectivity index (χ3n) is 4.43. The smallest absolute Gasteiger partial charge is 0.193 e. The van der Waals surface area contributed by atoms with Gasteiger partial charge in [0.1, 0.15) is 0 Å². The predicted molar refractivity (Wildman–Crippen MR) is 90.9 cm³/mol. The summed E-state index contributed by atoms with van der Waals surface area (Å²) in [6.45, 7) is 0.896. The Morgan fingerprint density at radius 1 is 1.21 bits per heavy atom. The van der Waals surface area contributed by atoms with Gasteiger partial charge in [-0.05, 0) is 49.1 Å². The molecule has 2 saturated carbocycles. The van der Waals surface area contributed by atoms with Crippen molar-refractivity contribution in [3.63, 3.8) is 0 Å². The summed E-state index contributed by atoms with van der Waals surface area (Å²) in [6, 6.07) is 9.98. The molecule has 1 aromatic carbocycles. The van der Waals surface area contributed by atoms with E-state index in [1.54, 1.807) is 0 Å². The lowest BCUT2D eigenvalue weighted by Gasteiger charge is -2.19. The van der Waals surface area contributed by atoms with E-state index in [1.165, 1.54) is 25.7 Å². The second-order valence-corrected chi connectivity index (χ2v) is 5.65. The maximum Gasteiger partial charge on any atom is 0.193 e. The fourth-order valence-electron chi connectivity index (χ4n) is 3.52. The Hall–Kier alpha value is -0.780. The zero-order valence-corrected chi connectivity index (χ0v) is 13.4. The number of hydrogen-bond donors (Lipinski definition) is 2. The molecule has 0 amide bonds. The molecule has 2 aliphatic carbocycles. The van der Waals surface area contributed by atoms with Gasteiger partial charge in [0.15, 0.2) is 5.96 Å². The zero-order valence-electron chi connectivity index (χ0n) is 11.1. The number of hydrogen-bond acceptors (Lipinski definition) is 1. The van der Waals surface area contributed by atoms with Crippen LogP contribution in [0.4, 0.5) is 5.69 Å². The van der Waals surface area contributed by atoms with E-state index in [0.717, 1.165) is 30.0 Å². The van der Waals surface area contributed by atoms with E-state index in [0.29, 0.717) is 5.96 Å². The first-order chi connectivity index (χ1) is 8.81. The highest BCUT2D eigenvalue weighted by Crippen LogP contribution is 2.48. The van der Waals surface area contributed by atoms with E-state index in [1.807, 2.05) is 30.3 Å². The first kappa shape index (κ1) is 14.6. The minimum absolute atomic E-state index is 0. The first-order valence-electron chi connectivity index (χ1n) is 6.93. The molecule has 2 aliphatic rings. The molecule has 3 nitrogen and oxygen atoms in total. The molecule has 19 heavy (non-hydrogen) atoms. The van der Waals surface area contributed by atoms with Gasteiger partial charge in [-0.1, -0.05) is 24.6 Å². The largest absolute Gasteiger partial charge is 0.370 e. The molecule has 4 heteroatoms. The van der Waals surface area contributed by atoms with Gasteiger partial charge in [0.25, 0.3) is 0 Å². The molecular formula is C15H22IN3. The second-order valence-electron chi connectivity index (χ2n) is 5.65. The summed E-state index contributed by atoms with van der Waals surface area (Å²) in [7, 11) is 0. The van der Waals surface area contributed by atoms with Gasteiger partial charge in [0.05, 0.1) is 0 Å². The average molecular weight is 371 g/mol. The summed E-state index contributed by atoms with van der Waals surface area (Å²) in [4.78, 5) is 4.50. The molecule has 3 N–H and O–H groups in total. The summed E-state index contributed by atoms with van der Waals surface area (Å²) in [5.41, 5.74) is 6.93. The number of nitrogens with zero attached hydrogens (tertiary/aromatic N) is 1. The van der Waals surface area contributed by atoms with Crippen LogP contribution in [-0.2, 0) is 0 Å². The van der Waals surface area contributed by atoms with Crippen molar-refractivity contribution in [2.24, 2.45) is 28.5 Å². The van der Waals surface area contributed by atoms with Crippen LogP contribution in [0, 0.1) is 17.8 Å². The fourth-order valence-corrected chi connectivity index (χ4v) is 3.52. The summed E-state index contributed by atoms with van der Waals surface area (Å²) in [5.74, 6) is 3.23. The van der Waals surface area contributed by atoms with Crippen molar-refractivity contribution in [1.82, 2.24) is 0 Å². The van der Waals surface area contributed by atoms with Crippen molar-refractivity contribution < 1.29 is 0 Å². The molecule has 3 rings (SSSR count). The maximum atomic E-state index is 5.92. The Morgan fingerprint density at radius 3 is 2.63 bits per heavy atom. The molecule has 3 atom stereocenters. The topological polar surface area (TPSA) is 50.4 Å². The summed E-state index contributed by atoms with van der Waals surface area (Å²) >= 11 is 0. The minimum Gasteiger partial charge on any atom is -0.370 e. The van der Waals surface area contributed by atoms with Crippen molar-refractivity contribution >= 4 is 35.6 Å². The maximum absolute atomic E-state index is 5.92. The van der Waals surface area contributed by atoms with E-state index < -0.39 is 0 Å². The van der Waals surface area contributed by atoms with Crippen LogP contribution in [0.2, 0.25) is 0 Å². The van der Waals surface area contributed by atoms with Gasteiger partial charge >= 0.3 is 0 Å². The third-order valence-corrected chi connectivity index (χ3v) is 4.43. The van der Waals surface area contributed by atoms with E-state index in [9.17, 15) is 0 Å². The average Bonchev–Trinajstić information content (AvgIpc) is 3.00. The van der Waals surface area contributed by atoms with Crippen LogP contribution in [0.5, 0.6) is 0 Å². The van der Waals surface area contributed by atoms with Crippen LogP contribution in [0.25, 0.3) is 0 Å². The summed E-state index contributed by atoms with van der Waals surface area (Å²) in [5, 5.41) is 3.14. The number of halogens is 1. The predicted octanol–water partition coefficient (Wildman–Crippen LogP) is 3.47. The molecule has 0 spiro atoms. The van der Waals surface area contributed by atoms with Gasteiger partial charge in [-0.15, -0.1) is 24.0 Å². The molecule has 2 fully saturated rings. The highest BCUT2D eigenvalue weighted by atomic mass is 127. The van der Waals surface area contributed by atoms with Gasteiger partial charge in [-0.2, -0.15) is 0 Å². The van der Waals surface area contributed by atoms with E-state index in [2.05, 4.69) is 10.3 Å². The lowest BCUT2D eigenvalue weighted by Crippen LogP contribution is -2.24. The molecule has 1 aromatic rings. The normalized spacial score (nSPS) is 29.1. The van der Waals surface area contributed by atoms with Crippen LogP contribution in [0.3, 0.4) is 0 Å². The van der Waals surface area contributed by atoms with Gasteiger partial charge in [-0.25, -0.2) is 0 Å². The fraction of sp³-hybridized carbons (Fsp3) is 0.533. The molecule has 2 bridgehead atoms. The number of para-hydroxylation sites is 1. The molecule has 0 saturated heterocycles. The number of rotatable bonds is 3. The van der Waals surface area contributed by atoms with Crippen LogP contribution in [0.1, 0.15) is 25.7 Å². The van der Waals surface area contributed by atoms with Gasteiger partial charge in [-0.3, -0.25) is 4.99 Å². The molecule has 3 unspecified atom stereocenters. The Morgan fingerprint density at radius 2 is 2.00 bits per heavy atom. The lowest BCUT2D eigenvalue weighted by atomic mass is 9.89. The van der Waals surface area contributed by atoms with Crippen molar-refractivity contribution in [1.29, 1.82) is 0 Å². The quantitative estimate of drug-likeness (QED) is 0.486. The molecular weight excluding hydrogens is 349 g/mol. The number of fused-ring (bicyclic) bond motifs is 2. The van der Waals surface area contributed by atoms with Crippen LogP contribution in [0.15, 0.2) is 35.3 Å². The number of nitrogens with two attached hydrogens (primary N) is 1. The second kappa shape index (κ2) is 6.59. The number of nitrogens with one attached hydrogen (secondary N) is 1. The standard InChI is InChI=1S/C15H21N3.HI/c16-15(18-14-4-2-1-3-5-14)17-10-13-9-11-6-7-12(13)8-11;/h1-5,11-13H,6-10H2,(H3,16,17,18);1H. The summed E-state index contributed by atoms with van der Waals surface area (Å²) < 4.78 is 0. The van der Waals surface area contributed by atoms with Gasteiger partial charge in [0, 0.05) is 12.2 Å². The van der Waals surface area contributed by atoms with Crippen molar-refractivity contribution in [3.05, 3.63) is 30.3 Å². The molecule has 0 aromatic heterocycles. The molecule has 0 radical (unpaired) electrons. The van der Waals surface area contributed by atoms with Crippen LogP contribution < -0.4 is 11.1 Å². The SMILES string of the molecule is I.NC(=NCC1CC2CCC1C2)Nc1ccccc1.